The molecule has 1 rings (SSSR count). The van der Waals surface area contributed by atoms with Crippen LogP contribution >= 0.6 is 0 Å². The summed E-state index contributed by atoms with van der Waals surface area (Å²) in [5, 5.41) is 9.18. The maximum absolute atomic E-state index is 11.2. The van der Waals surface area contributed by atoms with Crippen molar-refractivity contribution < 1.29 is 9.90 Å². The molecule has 96 valence electrons. The Bertz CT molecular complexity index is 326. The van der Waals surface area contributed by atoms with Crippen LogP contribution in [0.4, 0.5) is 0 Å². The zero-order valence-corrected chi connectivity index (χ0v) is 11.2. The second-order valence-electron chi connectivity index (χ2n) is 4.99. The molecule has 1 N–H and O–H groups in total. The number of hydrogen-bond donors (Lipinski definition) is 1. The number of carbonyl (C=O) groups is 1. The van der Waals surface area contributed by atoms with Crippen LogP contribution in [0.25, 0.3) is 0 Å². The SMILES string of the molecule is CCC(CC1=CCCC=C1C(=O)O)[C@@H](C)CC. The van der Waals surface area contributed by atoms with E-state index in [0.717, 1.165) is 37.7 Å². The van der Waals surface area contributed by atoms with Crippen LogP contribution in [0.2, 0.25) is 0 Å². The molecule has 0 aromatic heterocycles. The normalized spacial score (nSPS) is 19.2. The summed E-state index contributed by atoms with van der Waals surface area (Å²) in [6.07, 6.45) is 9.06. The predicted octanol–water partition coefficient (Wildman–Crippen LogP) is 4.18. The highest BCUT2D eigenvalue weighted by Gasteiger charge is 2.21. The minimum atomic E-state index is -0.769. The Kier molecular flexibility index (Phi) is 5.46. The Labute approximate surface area is 104 Å². The molecule has 2 nitrogen and oxygen atoms in total. The molecule has 0 fully saturated rings. The lowest BCUT2D eigenvalue weighted by molar-refractivity contribution is -0.132. The maximum atomic E-state index is 11.2. The van der Waals surface area contributed by atoms with Crippen LogP contribution in [0.15, 0.2) is 23.3 Å². The van der Waals surface area contributed by atoms with Gasteiger partial charge in [0, 0.05) is 0 Å². The van der Waals surface area contributed by atoms with Gasteiger partial charge in [-0.1, -0.05) is 45.8 Å². The van der Waals surface area contributed by atoms with Gasteiger partial charge in [-0.15, -0.1) is 0 Å². The molecule has 0 aromatic carbocycles. The van der Waals surface area contributed by atoms with E-state index in [-0.39, 0.29) is 0 Å². The van der Waals surface area contributed by atoms with Gasteiger partial charge in [-0.3, -0.25) is 0 Å². The molecule has 1 aliphatic carbocycles. The van der Waals surface area contributed by atoms with Gasteiger partial charge in [0.2, 0.25) is 0 Å². The third kappa shape index (κ3) is 3.72. The molecular formula is C15H24O2. The summed E-state index contributed by atoms with van der Waals surface area (Å²) in [5.41, 5.74) is 1.59. The standard InChI is InChI=1S/C15H24O2/c1-4-11(3)12(5-2)10-13-8-6-7-9-14(13)15(16)17/h8-9,11-12H,4-7,10H2,1-3H3,(H,16,17)/t11-,12?/m0/s1. The third-order valence-corrected chi connectivity index (χ3v) is 3.94. The zero-order valence-electron chi connectivity index (χ0n) is 11.2. The average molecular weight is 236 g/mol. The molecule has 17 heavy (non-hydrogen) atoms. The Balaban J connectivity index is 2.75. The van der Waals surface area contributed by atoms with Crippen LogP contribution in [0, 0.1) is 11.8 Å². The summed E-state index contributed by atoms with van der Waals surface area (Å²) in [7, 11) is 0. The van der Waals surface area contributed by atoms with Crippen molar-refractivity contribution in [2.45, 2.75) is 52.9 Å². The number of hydrogen-bond acceptors (Lipinski definition) is 1. The van der Waals surface area contributed by atoms with E-state index in [0.29, 0.717) is 17.4 Å². The lowest BCUT2D eigenvalue weighted by Crippen LogP contribution is -2.15. The highest BCUT2D eigenvalue weighted by Crippen LogP contribution is 2.31. The smallest absolute Gasteiger partial charge is 0.335 e. The molecule has 2 atom stereocenters. The van der Waals surface area contributed by atoms with Crippen molar-refractivity contribution in [3.63, 3.8) is 0 Å². The fourth-order valence-corrected chi connectivity index (χ4v) is 2.51. The van der Waals surface area contributed by atoms with Crippen molar-refractivity contribution in [3.8, 4) is 0 Å². The zero-order chi connectivity index (χ0) is 12.8. The molecule has 1 aliphatic rings. The second kappa shape index (κ2) is 6.63. The highest BCUT2D eigenvalue weighted by molar-refractivity contribution is 5.92. The van der Waals surface area contributed by atoms with Gasteiger partial charge in [0.1, 0.15) is 0 Å². The molecule has 0 saturated heterocycles. The largest absolute Gasteiger partial charge is 0.478 e. The van der Waals surface area contributed by atoms with Gasteiger partial charge < -0.3 is 5.11 Å². The Morgan fingerprint density at radius 2 is 1.94 bits per heavy atom. The van der Waals surface area contributed by atoms with Gasteiger partial charge >= 0.3 is 5.97 Å². The molecule has 2 heteroatoms. The second-order valence-corrected chi connectivity index (χ2v) is 4.99. The van der Waals surface area contributed by atoms with E-state index in [9.17, 15) is 9.90 Å². The first-order valence-electron chi connectivity index (χ1n) is 6.72. The summed E-state index contributed by atoms with van der Waals surface area (Å²) >= 11 is 0. The van der Waals surface area contributed by atoms with Gasteiger partial charge in [-0.2, -0.15) is 0 Å². The van der Waals surface area contributed by atoms with E-state index in [1.165, 1.54) is 0 Å². The molecule has 0 spiro atoms. The summed E-state index contributed by atoms with van der Waals surface area (Å²) in [4.78, 5) is 11.2. The van der Waals surface area contributed by atoms with Crippen LogP contribution in [0.3, 0.4) is 0 Å². The number of carboxylic acid groups (broad SMARTS) is 1. The Hall–Kier alpha value is -1.05. The first kappa shape index (κ1) is 14.0. The Morgan fingerprint density at radius 1 is 1.29 bits per heavy atom. The Morgan fingerprint density at radius 3 is 2.47 bits per heavy atom. The van der Waals surface area contributed by atoms with E-state index in [2.05, 4.69) is 26.8 Å². The van der Waals surface area contributed by atoms with Gasteiger partial charge in [0.05, 0.1) is 5.57 Å². The summed E-state index contributed by atoms with van der Waals surface area (Å²) in [5.74, 6) is 0.500. The minimum absolute atomic E-state index is 0.540. The molecule has 0 aliphatic heterocycles. The van der Waals surface area contributed by atoms with Crippen LogP contribution in [0.1, 0.15) is 52.9 Å². The number of allylic oxidation sites excluding steroid dienone is 2. The fraction of sp³-hybridized carbons (Fsp3) is 0.667. The van der Waals surface area contributed by atoms with E-state index < -0.39 is 5.97 Å². The molecule has 0 heterocycles. The lowest BCUT2D eigenvalue weighted by Gasteiger charge is -2.24. The average Bonchev–Trinajstić information content (AvgIpc) is 2.35. The van der Waals surface area contributed by atoms with Crippen molar-refractivity contribution >= 4 is 5.97 Å². The van der Waals surface area contributed by atoms with Crippen molar-refractivity contribution in [3.05, 3.63) is 23.3 Å². The van der Waals surface area contributed by atoms with Crippen molar-refractivity contribution in [2.24, 2.45) is 11.8 Å². The van der Waals surface area contributed by atoms with E-state index in [1.54, 1.807) is 0 Å². The first-order valence-corrected chi connectivity index (χ1v) is 6.72. The quantitative estimate of drug-likeness (QED) is 0.751. The van der Waals surface area contributed by atoms with Crippen LogP contribution in [-0.4, -0.2) is 11.1 Å². The summed E-state index contributed by atoms with van der Waals surface area (Å²) < 4.78 is 0. The molecule has 0 aromatic rings. The monoisotopic (exact) mass is 236 g/mol. The number of aliphatic carboxylic acids is 1. The fourth-order valence-electron chi connectivity index (χ4n) is 2.51. The summed E-state index contributed by atoms with van der Waals surface area (Å²) in [6.45, 7) is 6.67. The molecule has 0 bridgehead atoms. The van der Waals surface area contributed by atoms with E-state index in [4.69, 9.17) is 0 Å². The minimum Gasteiger partial charge on any atom is -0.478 e. The molecule has 0 amide bonds. The molecule has 1 unspecified atom stereocenters. The summed E-state index contributed by atoms with van der Waals surface area (Å²) in [6, 6.07) is 0. The van der Waals surface area contributed by atoms with Crippen LogP contribution in [0.5, 0.6) is 0 Å². The van der Waals surface area contributed by atoms with Crippen molar-refractivity contribution in [2.75, 3.05) is 0 Å². The van der Waals surface area contributed by atoms with E-state index >= 15 is 0 Å². The molecule has 0 saturated carbocycles. The third-order valence-electron chi connectivity index (χ3n) is 3.94. The molecule has 0 radical (unpaired) electrons. The number of carboxylic acids is 1. The van der Waals surface area contributed by atoms with Gasteiger partial charge in [-0.25, -0.2) is 4.79 Å². The van der Waals surface area contributed by atoms with E-state index in [1.807, 2.05) is 6.08 Å². The van der Waals surface area contributed by atoms with Gasteiger partial charge in [-0.05, 0) is 36.7 Å². The van der Waals surface area contributed by atoms with Crippen molar-refractivity contribution in [1.82, 2.24) is 0 Å². The topological polar surface area (TPSA) is 37.3 Å². The first-order chi connectivity index (χ1) is 8.10. The highest BCUT2D eigenvalue weighted by atomic mass is 16.4. The van der Waals surface area contributed by atoms with Crippen LogP contribution < -0.4 is 0 Å². The van der Waals surface area contributed by atoms with Gasteiger partial charge in [0.15, 0.2) is 0 Å². The number of rotatable bonds is 6. The predicted molar refractivity (Wildman–Crippen MR) is 70.9 cm³/mol. The molecular weight excluding hydrogens is 212 g/mol. The van der Waals surface area contributed by atoms with Gasteiger partial charge in [0.25, 0.3) is 0 Å². The van der Waals surface area contributed by atoms with Crippen LogP contribution in [-0.2, 0) is 4.79 Å². The maximum Gasteiger partial charge on any atom is 0.335 e. The van der Waals surface area contributed by atoms with Crippen molar-refractivity contribution in [1.29, 1.82) is 0 Å². The lowest BCUT2D eigenvalue weighted by atomic mass is 9.81.